The number of likely N-dealkylation sites (N-methyl/N-ethyl adjacent to an activating group) is 1. The molecule has 0 saturated heterocycles. The third kappa shape index (κ3) is 5.27. The van der Waals surface area contributed by atoms with E-state index < -0.39 is 6.04 Å². The molecule has 0 bridgehead atoms. The van der Waals surface area contributed by atoms with Gasteiger partial charge < -0.3 is 15.4 Å². The number of ether oxygens (including phenoxy) is 1. The number of hydrogen-bond donors (Lipinski definition) is 1. The number of nitrogens with two attached hydrogens (primary N) is 1. The molecule has 4 nitrogen and oxygen atoms in total. The van der Waals surface area contributed by atoms with Gasteiger partial charge in [-0.15, -0.1) is 12.4 Å². The van der Waals surface area contributed by atoms with E-state index in [1.54, 1.807) is 11.9 Å². The largest absolute Gasteiger partial charge is 0.457 e. The molecule has 0 aliphatic rings. The lowest BCUT2D eigenvalue weighted by Gasteiger charge is -2.21. The molecule has 0 aromatic heterocycles. The zero-order chi connectivity index (χ0) is 15.9. The molecule has 0 heterocycles. The molecule has 0 fully saturated rings. The molecule has 0 spiro atoms. The molecule has 23 heavy (non-hydrogen) atoms. The molecule has 2 aromatic rings. The van der Waals surface area contributed by atoms with Crippen molar-refractivity contribution in [1.82, 2.24) is 0 Å². The summed E-state index contributed by atoms with van der Waals surface area (Å²) in [7, 11) is 1.74. The van der Waals surface area contributed by atoms with Gasteiger partial charge in [0, 0.05) is 12.7 Å². The van der Waals surface area contributed by atoms with Gasteiger partial charge in [0.1, 0.15) is 11.5 Å². The second-order valence-electron chi connectivity index (χ2n) is 5.20. The molecular weight excluding hydrogens is 312 g/mol. The minimum absolute atomic E-state index is 0. The average molecular weight is 335 g/mol. The van der Waals surface area contributed by atoms with Crippen LogP contribution in [-0.4, -0.2) is 19.0 Å². The lowest BCUT2D eigenvalue weighted by atomic mass is 10.1. The molecule has 2 aromatic carbocycles. The van der Waals surface area contributed by atoms with Gasteiger partial charge in [-0.2, -0.15) is 0 Å². The van der Waals surface area contributed by atoms with Gasteiger partial charge in [-0.3, -0.25) is 4.79 Å². The second-order valence-corrected chi connectivity index (χ2v) is 5.20. The molecule has 1 atom stereocenters. The van der Waals surface area contributed by atoms with Crippen molar-refractivity contribution in [2.24, 2.45) is 5.73 Å². The highest BCUT2D eigenvalue weighted by atomic mass is 35.5. The van der Waals surface area contributed by atoms with E-state index in [1.807, 2.05) is 61.5 Å². The molecule has 1 unspecified atom stereocenters. The minimum atomic E-state index is -0.449. The van der Waals surface area contributed by atoms with Crippen LogP contribution in [0.3, 0.4) is 0 Å². The third-order valence-electron chi connectivity index (χ3n) is 3.45. The lowest BCUT2D eigenvalue weighted by Crippen LogP contribution is -2.41. The van der Waals surface area contributed by atoms with Crippen LogP contribution in [0.1, 0.15) is 19.8 Å². The number of carbonyl (C=O) groups excluding carboxylic acids is 1. The highest BCUT2D eigenvalue weighted by molar-refractivity contribution is 5.96. The number of carbonyl (C=O) groups is 1. The first-order valence-corrected chi connectivity index (χ1v) is 7.48. The fourth-order valence-corrected chi connectivity index (χ4v) is 2.17. The predicted molar refractivity (Wildman–Crippen MR) is 96.5 cm³/mol. The van der Waals surface area contributed by atoms with Gasteiger partial charge in [0.25, 0.3) is 0 Å². The van der Waals surface area contributed by atoms with Crippen LogP contribution in [0.5, 0.6) is 11.5 Å². The summed E-state index contributed by atoms with van der Waals surface area (Å²) >= 11 is 0. The zero-order valence-corrected chi connectivity index (χ0v) is 14.3. The van der Waals surface area contributed by atoms with Crippen molar-refractivity contribution in [2.45, 2.75) is 25.8 Å². The maximum absolute atomic E-state index is 12.2. The Morgan fingerprint density at radius 1 is 1.09 bits per heavy atom. The summed E-state index contributed by atoms with van der Waals surface area (Å²) in [6, 6.07) is 16.5. The molecule has 2 N–H and O–H groups in total. The van der Waals surface area contributed by atoms with Gasteiger partial charge >= 0.3 is 0 Å². The van der Waals surface area contributed by atoms with Crippen LogP contribution in [0.15, 0.2) is 54.6 Å². The Labute approximate surface area is 143 Å². The third-order valence-corrected chi connectivity index (χ3v) is 3.45. The lowest BCUT2D eigenvalue weighted by molar-refractivity contribution is -0.119. The van der Waals surface area contributed by atoms with Crippen LogP contribution in [-0.2, 0) is 4.79 Å². The number of amides is 1. The Bertz CT molecular complexity index is 602. The summed E-state index contributed by atoms with van der Waals surface area (Å²) in [4.78, 5) is 13.8. The van der Waals surface area contributed by atoms with E-state index in [9.17, 15) is 4.79 Å². The van der Waals surface area contributed by atoms with Crippen molar-refractivity contribution in [1.29, 1.82) is 0 Å². The van der Waals surface area contributed by atoms with E-state index in [0.29, 0.717) is 6.42 Å². The van der Waals surface area contributed by atoms with E-state index in [4.69, 9.17) is 10.5 Å². The van der Waals surface area contributed by atoms with E-state index >= 15 is 0 Å². The van der Waals surface area contributed by atoms with Gasteiger partial charge in [-0.1, -0.05) is 31.5 Å². The Hall–Kier alpha value is -2.04. The summed E-state index contributed by atoms with van der Waals surface area (Å²) in [6.07, 6.45) is 1.59. The summed E-state index contributed by atoms with van der Waals surface area (Å²) in [6.45, 7) is 2.02. The van der Waals surface area contributed by atoms with Crippen LogP contribution in [0.2, 0.25) is 0 Å². The molecule has 1 amide bonds. The summed E-state index contributed by atoms with van der Waals surface area (Å²) in [5.74, 6) is 1.44. The number of para-hydroxylation sites is 1. The predicted octanol–water partition coefficient (Wildman–Crippen LogP) is 3.99. The number of anilines is 1. The van der Waals surface area contributed by atoms with Gasteiger partial charge in [-0.05, 0) is 42.8 Å². The van der Waals surface area contributed by atoms with Crippen LogP contribution < -0.4 is 15.4 Å². The number of nitrogens with zero attached hydrogens (tertiary/aromatic N) is 1. The summed E-state index contributed by atoms with van der Waals surface area (Å²) in [5.41, 5.74) is 6.68. The van der Waals surface area contributed by atoms with Crippen molar-refractivity contribution in [3.63, 3.8) is 0 Å². The van der Waals surface area contributed by atoms with Gasteiger partial charge in [0.15, 0.2) is 0 Å². The van der Waals surface area contributed by atoms with Crippen molar-refractivity contribution in [3.05, 3.63) is 54.6 Å². The number of hydrogen-bond acceptors (Lipinski definition) is 3. The Kier molecular flexibility index (Phi) is 7.59. The maximum Gasteiger partial charge on any atom is 0.243 e. The SMILES string of the molecule is CCCC(N)C(=O)N(C)c1ccc(Oc2ccccc2)cc1.Cl. The Morgan fingerprint density at radius 3 is 2.22 bits per heavy atom. The first kappa shape index (κ1) is 19.0. The monoisotopic (exact) mass is 334 g/mol. The van der Waals surface area contributed by atoms with Gasteiger partial charge in [0.05, 0.1) is 6.04 Å². The molecule has 0 saturated carbocycles. The van der Waals surface area contributed by atoms with E-state index in [2.05, 4.69) is 0 Å². The van der Waals surface area contributed by atoms with Crippen molar-refractivity contribution in [2.75, 3.05) is 11.9 Å². The maximum atomic E-state index is 12.2. The minimum Gasteiger partial charge on any atom is -0.457 e. The fraction of sp³-hybridized carbons (Fsp3) is 0.278. The smallest absolute Gasteiger partial charge is 0.243 e. The van der Waals surface area contributed by atoms with Crippen LogP contribution in [0, 0.1) is 0 Å². The van der Waals surface area contributed by atoms with Crippen molar-refractivity contribution >= 4 is 24.0 Å². The van der Waals surface area contributed by atoms with E-state index in [-0.39, 0.29) is 18.3 Å². The quantitative estimate of drug-likeness (QED) is 0.869. The van der Waals surface area contributed by atoms with Crippen LogP contribution in [0.25, 0.3) is 0 Å². The molecule has 2 rings (SSSR count). The fourth-order valence-electron chi connectivity index (χ4n) is 2.17. The molecule has 0 aliphatic heterocycles. The zero-order valence-electron chi connectivity index (χ0n) is 13.4. The first-order chi connectivity index (χ1) is 10.6. The molecule has 0 radical (unpaired) electrons. The average Bonchev–Trinajstić information content (AvgIpc) is 2.55. The first-order valence-electron chi connectivity index (χ1n) is 7.48. The summed E-state index contributed by atoms with van der Waals surface area (Å²) < 4.78 is 5.73. The Balaban J connectivity index is 0.00000264. The highest BCUT2D eigenvalue weighted by Crippen LogP contribution is 2.24. The molecule has 0 aliphatic carbocycles. The van der Waals surface area contributed by atoms with Gasteiger partial charge in [-0.25, -0.2) is 0 Å². The van der Waals surface area contributed by atoms with E-state index in [0.717, 1.165) is 23.6 Å². The molecule has 124 valence electrons. The normalized spacial score (nSPS) is 11.3. The summed E-state index contributed by atoms with van der Waals surface area (Å²) in [5, 5.41) is 0. The topological polar surface area (TPSA) is 55.6 Å². The number of rotatable bonds is 6. The molecule has 5 heteroatoms. The highest BCUT2D eigenvalue weighted by Gasteiger charge is 2.18. The number of benzene rings is 2. The Morgan fingerprint density at radius 2 is 1.65 bits per heavy atom. The standard InChI is InChI=1S/C18H22N2O2.ClH/c1-3-7-17(19)18(21)20(2)14-10-12-16(13-11-14)22-15-8-5-4-6-9-15;/h4-6,8-13,17H,3,7,19H2,1-2H3;1H. The number of halogens is 1. The van der Waals surface area contributed by atoms with Gasteiger partial charge in [0.2, 0.25) is 5.91 Å². The van der Waals surface area contributed by atoms with Crippen LogP contribution >= 0.6 is 12.4 Å². The second kappa shape index (κ2) is 9.18. The van der Waals surface area contributed by atoms with Crippen LogP contribution in [0.4, 0.5) is 5.69 Å². The van der Waals surface area contributed by atoms with E-state index in [1.165, 1.54) is 0 Å². The molecular formula is C18H23ClN2O2. The van der Waals surface area contributed by atoms with Crippen molar-refractivity contribution in [3.8, 4) is 11.5 Å². The van der Waals surface area contributed by atoms with Crippen molar-refractivity contribution < 1.29 is 9.53 Å².